The zero-order valence-electron chi connectivity index (χ0n) is 21.3. The number of amides is 1. The number of carbonyl (C=O) groups is 1. The molecule has 0 aromatic heterocycles. The van der Waals surface area contributed by atoms with Gasteiger partial charge in [0, 0.05) is 28.8 Å². The van der Waals surface area contributed by atoms with Gasteiger partial charge in [0.1, 0.15) is 5.69 Å². The lowest BCUT2D eigenvalue weighted by atomic mass is 9.84. The fraction of sp³-hybridized carbons (Fsp3) is 0.250. The zero-order chi connectivity index (χ0) is 28.0. The fourth-order valence-corrected chi connectivity index (χ4v) is 5.95. The molecule has 1 atom stereocenters. The Bertz CT molecular complexity index is 1500. The van der Waals surface area contributed by atoms with Crippen molar-refractivity contribution >= 4 is 44.6 Å². The number of thioether (sulfide) groups is 1. The Hall–Kier alpha value is -3.67. The summed E-state index contributed by atoms with van der Waals surface area (Å²) in [5.41, 5.74) is 0.898. The van der Waals surface area contributed by atoms with Crippen LogP contribution < -0.4 is 10.0 Å². The van der Waals surface area contributed by atoms with Crippen LogP contribution in [0.1, 0.15) is 42.1 Å². The van der Waals surface area contributed by atoms with Crippen molar-refractivity contribution in [2.75, 3.05) is 17.6 Å². The molecule has 39 heavy (non-hydrogen) atoms. The van der Waals surface area contributed by atoms with Gasteiger partial charge in [-0.15, -0.1) is 11.8 Å². The maximum atomic E-state index is 13.0. The quantitative estimate of drug-likeness (QED) is 0.131. The number of rotatable bonds is 10. The highest BCUT2D eigenvalue weighted by molar-refractivity contribution is 7.99. The number of allylic oxidation sites excluding steroid dienone is 1. The summed E-state index contributed by atoms with van der Waals surface area (Å²) >= 11 is 1.59. The van der Waals surface area contributed by atoms with Crippen molar-refractivity contribution in [2.24, 2.45) is 0 Å². The normalized spacial score (nSPS) is 17.2. The highest BCUT2D eigenvalue weighted by Crippen LogP contribution is 2.33. The van der Waals surface area contributed by atoms with Gasteiger partial charge in [-0.25, -0.2) is 13.1 Å². The SMILES string of the molecule is CC1(O)CC=C(c2cccc(C(=O)NS(=O)(=O)c3ccc(NCCSc4ccccc4)c([N+](=O)[O-])c3)c2)CC1. The molecule has 0 saturated carbocycles. The molecule has 0 saturated heterocycles. The van der Waals surface area contributed by atoms with E-state index in [1.807, 2.05) is 47.2 Å². The maximum absolute atomic E-state index is 13.0. The van der Waals surface area contributed by atoms with Crippen molar-refractivity contribution in [3.63, 3.8) is 0 Å². The van der Waals surface area contributed by atoms with Gasteiger partial charge >= 0.3 is 0 Å². The van der Waals surface area contributed by atoms with Crippen LogP contribution in [-0.2, 0) is 10.0 Å². The Morgan fingerprint density at radius 2 is 1.87 bits per heavy atom. The summed E-state index contributed by atoms with van der Waals surface area (Å²) in [5, 5.41) is 24.8. The Labute approximate surface area is 231 Å². The van der Waals surface area contributed by atoms with Crippen LogP contribution in [0.3, 0.4) is 0 Å². The number of benzene rings is 3. The van der Waals surface area contributed by atoms with Crippen LogP contribution in [0.15, 0.2) is 88.7 Å². The van der Waals surface area contributed by atoms with E-state index in [4.69, 9.17) is 0 Å². The van der Waals surface area contributed by atoms with E-state index in [1.54, 1.807) is 30.8 Å². The van der Waals surface area contributed by atoms with E-state index in [0.29, 0.717) is 31.6 Å². The van der Waals surface area contributed by atoms with Gasteiger partial charge in [-0.3, -0.25) is 14.9 Å². The van der Waals surface area contributed by atoms with E-state index in [1.165, 1.54) is 18.2 Å². The first-order valence-corrected chi connectivity index (χ1v) is 14.8. The molecule has 0 radical (unpaired) electrons. The molecule has 1 amide bonds. The first-order chi connectivity index (χ1) is 18.5. The minimum atomic E-state index is -4.38. The number of nitro groups is 1. The molecular weight excluding hydrogens is 538 g/mol. The molecular formula is C28H29N3O6S2. The highest BCUT2D eigenvalue weighted by Gasteiger charge is 2.26. The Morgan fingerprint density at radius 1 is 1.10 bits per heavy atom. The van der Waals surface area contributed by atoms with Gasteiger partial charge < -0.3 is 10.4 Å². The van der Waals surface area contributed by atoms with Crippen LogP contribution >= 0.6 is 11.8 Å². The summed E-state index contributed by atoms with van der Waals surface area (Å²) in [6, 6.07) is 19.8. The lowest BCUT2D eigenvalue weighted by molar-refractivity contribution is -0.384. The summed E-state index contributed by atoms with van der Waals surface area (Å²) in [6.07, 6.45) is 3.62. The van der Waals surface area contributed by atoms with Crippen molar-refractivity contribution < 1.29 is 23.2 Å². The number of aliphatic hydroxyl groups is 1. The summed E-state index contributed by atoms with van der Waals surface area (Å²) in [4.78, 5) is 24.6. The molecule has 204 valence electrons. The predicted molar refractivity (Wildman–Crippen MR) is 152 cm³/mol. The van der Waals surface area contributed by atoms with E-state index in [0.717, 1.165) is 22.1 Å². The van der Waals surface area contributed by atoms with Crippen molar-refractivity contribution in [2.45, 2.75) is 41.6 Å². The second-order valence-electron chi connectivity index (χ2n) is 9.47. The molecule has 3 aromatic rings. The molecule has 0 heterocycles. The monoisotopic (exact) mass is 567 g/mol. The van der Waals surface area contributed by atoms with Gasteiger partial charge in [0.2, 0.25) is 0 Å². The second-order valence-corrected chi connectivity index (χ2v) is 12.3. The summed E-state index contributed by atoms with van der Waals surface area (Å²) in [5.74, 6) is -0.199. The van der Waals surface area contributed by atoms with E-state index in [9.17, 15) is 28.4 Å². The van der Waals surface area contributed by atoms with Gasteiger partial charge in [-0.1, -0.05) is 36.4 Å². The van der Waals surface area contributed by atoms with Crippen LogP contribution in [-0.4, -0.2) is 42.3 Å². The van der Waals surface area contributed by atoms with Gasteiger partial charge in [-0.2, -0.15) is 0 Å². The summed E-state index contributed by atoms with van der Waals surface area (Å²) in [7, 11) is -4.38. The second kappa shape index (κ2) is 12.0. The molecule has 4 rings (SSSR count). The Kier molecular flexibility index (Phi) is 8.73. The van der Waals surface area contributed by atoms with Gasteiger partial charge in [0.15, 0.2) is 0 Å². The third-order valence-corrected chi connectivity index (χ3v) is 8.69. The number of nitrogens with zero attached hydrogens (tertiary/aromatic N) is 1. The number of hydrogen-bond donors (Lipinski definition) is 3. The highest BCUT2D eigenvalue weighted by atomic mass is 32.2. The zero-order valence-corrected chi connectivity index (χ0v) is 22.9. The van der Waals surface area contributed by atoms with Gasteiger partial charge in [-0.05, 0) is 73.7 Å². The van der Waals surface area contributed by atoms with Crippen LogP contribution in [0.4, 0.5) is 11.4 Å². The number of carbonyl (C=O) groups excluding carboxylic acids is 1. The number of hydrogen-bond acceptors (Lipinski definition) is 8. The average molecular weight is 568 g/mol. The number of nitro benzene ring substituents is 1. The number of nitrogens with one attached hydrogen (secondary N) is 2. The van der Waals surface area contributed by atoms with E-state index < -0.39 is 32.1 Å². The lowest BCUT2D eigenvalue weighted by Gasteiger charge is -2.27. The van der Waals surface area contributed by atoms with Gasteiger partial charge in [0.25, 0.3) is 21.6 Å². The molecule has 11 heteroatoms. The fourth-order valence-electron chi connectivity index (χ4n) is 4.16. The average Bonchev–Trinajstić information content (AvgIpc) is 2.91. The Balaban J connectivity index is 1.44. The van der Waals surface area contributed by atoms with Crippen molar-refractivity contribution in [3.8, 4) is 0 Å². The minimum absolute atomic E-state index is 0.137. The molecule has 1 unspecified atom stereocenters. The van der Waals surface area contributed by atoms with E-state index in [-0.39, 0.29) is 16.1 Å². The summed E-state index contributed by atoms with van der Waals surface area (Å²) < 4.78 is 27.9. The molecule has 0 aliphatic heterocycles. The maximum Gasteiger partial charge on any atom is 0.293 e. The Morgan fingerprint density at radius 3 is 2.56 bits per heavy atom. The van der Waals surface area contributed by atoms with E-state index >= 15 is 0 Å². The standard InChI is InChI=1S/C28H29N3O6S2/c1-28(33)14-12-20(13-15-28)21-6-5-7-22(18-21)27(32)30-39(36,37)24-10-11-25(26(19-24)31(34)35)29-16-17-38-23-8-3-2-4-9-23/h2-12,18-19,29,33H,13-17H2,1H3,(H,30,32). The van der Waals surface area contributed by atoms with Crippen molar-refractivity contribution in [1.29, 1.82) is 0 Å². The topological polar surface area (TPSA) is 139 Å². The van der Waals surface area contributed by atoms with Crippen LogP contribution in [0, 0.1) is 10.1 Å². The summed E-state index contributed by atoms with van der Waals surface area (Å²) in [6.45, 7) is 2.20. The first kappa shape index (κ1) is 28.3. The van der Waals surface area contributed by atoms with Crippen LogP contribution in [0.25, 0.3) is 5.57 Å². The molecule has 1 aliphatic carbocycles. The van der Waals surface area contributed by atoms with Crippen LogP contribution in [0.2, 0.25) is 0 Å². The molecule has 9 nitrogen and oxygen atoms in total. The number of anilines is 1. The first-order valence-electron chi connectivity index (χ1n) is 12.3. The smallest absolute Gasteiger partial charge is 0.293 e. The predicted octanol–water partition coefficient (Wildman–Crippen LogP) is 5.24. The van der Waals surface area contributed by atoms with Gasteiger partial charge in [0.05, 0.1) is 15.4 Å². The largest absolute Gasteiger partial charge is 0.390 e. The molecule has 0 bridgehead atoms. The van der Waals surface area contributed by atoms with Crippen molar-refractivity contribution in [1.82, 2.24) is 4.72 Å². The van der Waals surface area contributed by atoms with Crippen molar-refractivity contribution in [3.05, 3.63) is 100 Å². The van der Waals surface area contributed by atoms with E-state index in [2.05, 4.69) is 5.32 Å². The third kappa shape index (κ3) is 7.47. The molecule has 0 fully saturated rings. The molecule has 0 spiro atoms. The molecule has 3 aromatic carbocycles. The lowest BCUT2D eigenvalue weighted by Crippen LogP contribution is -2.30. The molecule has 3 N–H and O–H groups in total. The van der Waals surface area contributed by atoms with Crippen LogP contribution in [0.5, 0.6) is 0 Å². The number of sulfonamides is 1. The molecule has 1 aliphatic rings. The third-order valence-electron chi connectivity index (χ3n) is 6.35. The minimum Gasteiger partial charge on any atom is -0.390 e.